The number of ether oxygens (including phenoxy) is 3. The first-order chi connectivity index (χ1) is 21.3. The van der Waals surface area contributed by atoms with Gasteiger partial charge in [0.15, 0.2) is 0 Å². The molecule has 0 aromatic heterocycles. The summed E-state index contributed by atoms with van der Waals surface area (Å²) in [5.74, 6) is -3.49. The second-order valence-electron chi connectivity index (χ2n) is 13.1. The third-order valence-electron chi connectivity index (χ3n) is 7.23. The maximum absolute atomic E-state index is 13.0. The number of nitrogens with one attached hydrogen (secondary N) is 2. The fourth-order valence-corrected chi connectivity index (χ4v) is 7.25. The highest BCUT2D eigenvalue weighted by atomic mass is 32.2. The Hall–Kier alpha value is -3.07. The number of carbonyl (C=O) groups is 5. The summed E-state index contributed by atoms with van der Waals surface area (Å²) in [6.07, 6.45) is -0.917. The van der Waals surface area contributed by atoms with E-state index in [2.05, 4.69) is 10.6 Å². The van der Waals surface area contributed by atoms with E-state index in [9.17, 15) is 40.8 Å². The molecule has 0 aliphatic carbocycles. The molecule has 47 heavy (non-hydrogen) atoms. The van der Waals surface area contributed by atoms with Crippen molar-refractivity contribution in [1.82, 2.24) is 19.2 Å². The van der Waals surface area contributed by atoms with Gasteiger partial charge < -0.3 is 24.8 Å². The first kappa shape index (κ1) is 40.1. The minimum Gasteiger partial charge on any atom is -0.466 e. The second kappa shape index (κ2) is 14.6. The van der Waals surface area contributed by atoms with Gasteiger partial charge in [0, 0.05) is 6.54 Å². The molecule has 2 heterocycles. The van der Waals surface area contributed by atoms with Crippen molar-refractivity contribution in [2.24, 2.45) is 10.8 Å². The lowest BCUT2D eigenvalue weighted by Crippen LogP contribution is -2.71. The van der Waals surface area contributed by atoms with Gasteiger partial charge in [-0.3, -0.25) is 27.5 Å². The number of esters is 2. The fraction of sp³-hybridized carbons (Fsp3) is 0.815. The van der Waals surface area contributed by atoms with Gasteiger partial charge in [0.05, 0.1) is 43.9 Å². The number of nitrogens with zero attached hydrogens (tertiary/aromatic N) is 2. The van der Waals surface area contributed by atoms with Crippen LogP contribution in [-0.4, -0.2) is 118 Å². The van der Waals surface area contributed by atoms with Crippen LogP contribution in [0.3, 0.4) is 0 Å². The van der Waals surface area contributed by atoms with Crippen LogP contribution in [0.1, 0.15) is 69.2 Å². The summed E-state index contributed by atoms with van der Waals surface area (Å²) >= 11 is 0. The van der Waals surface area contributed by atoms with E-state index in [4.69, 9.17) is 22.6 Å². The molecule has 2 rings (SSSR count). The Morgan fingerprint density at radius 2 is 1.19 bits per heavy atom. The molecule has 0 saturated carbocycles. The molecule has 2 fully saturated rings. The highest BCUT2D eigenvalue weighted by Crippen LogP contribution is 2.30. The normalized spacial score (nSPS) is 23.3. The molecule has 18 nitrogen and oxygen atoms in total. The van der Waals surface area contributed by atoms with E-state index >= 15 is 0 Å². The predicted molar refractivity (Wildman–Crippen MR) is 162 cm³/mol. The number of hydrogen-bond donors (Lipinski definition) is 2. The standard InChI is InChI=1S/C27H46N4O14S2/c1-11-41-22(34)26(8,9)14-43-46(37,38)30-16(3)18(20(30)32)28-13-27(10,23(35)42-12-2)15-44-47(39,40)31-17(4)19(21(31)33)29-24(36)45-25(5,6)7/h16-19,28H,11-15H2,1-10H3,(H,29,36)/t16-,17-,18-,19-,27?/m0/s1. The average Bonchev–Trinajstić information content (AvgIpc) is 2.93. The zero-order chi connectivity index (χ0) is 36.3. The van der Waals surface area contributed by atoms with E-state index in [0.29, 0.717) is 8.61 Å². The average molecular weight is 715 g/mol. The molecule has 5 atom stereocenters. The SMILES string of the molecule is CCOC(=O)C(C)(C)COS(=O)(=O)N1C(=O)[C@@H](NCC(C)(COS(=O)(=O)N2C(=O)[C@@H](NC(=O)OC(C)(C)C)[C@@H]2C)C(=O)OCC)[C@@H]1C. The lowest BCUT2D eigenvalue weighted by atomic mass is 9.90. The van der Waals surface area contributed by atoms with E-state index < -0.39 is 111 Å². The fourth-order valence-electron chi connectivity index (χ4n) is 4.45. The predicted octanol–water partition coefficient (Wildman–Crippen LogP) is -0.0192. The van der Waals surface area contributed by atoms with Gasteiger partial charge in [0.25, 0.3) is 11.8 Å². The molecule has 0 bridgehead atoms. The second-order valence-corrected chi connectivity index (χ2v) is 16.0. The maximum Gasteiger partial charge on any atom is 0.408 e. The summed E-state index contributed by atoms with van der Waals surface area (Å²) in [6, 6.07) is -4.37. The topological polar surface area (TPSA) is 230 Å². The summed E-state index contributed by atoms with van der Waals surface area (Å²) < 4.78 is 77.6. The van der Waals surface area contributed by atoms with Crippen LogP contribution in [0.25, 0.3) is 0 Å². The van der Waals surface area contributed by atoms with E-state index in [0.717, 1.165) is 0 Å². The quantitative estimate of drug-likeness (QED) is 0.122. The number of amides is 3. The molecule has 0 aromatic rings. The molecular formula is C27H46N4O14S2. The molecular weight excluding hydrogens is 668 g/mol. The largest absolute Gasteiger partial charge is 0.466 e. The van der Waals surface area contributed by atoms with Crippen molar-refractivity contribution >= 4 is 50.5 Å². The zero-order valence-electron chi connectivity index (χ0n) is 28.3. The third kappa shape index (κ3) is 9.30. The Morgan fingerprint density at radius 1 is 0.745 bits per heavy atom. The zero-order valence-corrected chi connectivity index (χ0v) is 29.9. The Kier molecular flexibility index (Phi) is 12.4. The van der Waals surface area contributed by atoms with Gasteiger partial charge in [0.1, 0.15) is 23.1 Å². The minimum atomic E-state index is -4.76. The third-order valence-corrected chi connectivity index (χ3v) is 10.0. The van der Waals surface area contributed by atoms with Gasteiger partial charge in [-0.1, -0.05) is 0 Å². The van der Waals surface area contributed by atoms with Crippen LogP contribution in [0, 0.1) is 10.8 Å². The van der Waals surface area contributed by atoms with Crippen LogP contribution in [-0.2, 0) is 62.4 Å². The van der Waals surface area contributed by atoms with Crippen molar-refractivity contribution in [3.8, 4) is 0 Å². The summed E-state index contributed by atoms with van der Waals surface area (Å²) in [7, 11) is -9.38. The van der Waals surface area contributed by atoms with Crippen LogP contribution in [0.15, 0.2) is 0 Å². The molecule has 270 valence electrons. The van der Waals surface area contributed by atoms with Gasteiger partial charge in [-0.2, -0.15) is 16.8 Å². The van der Waals surface area contributed by atoms with Crippen molar-refractivity contribution in [3.05, 3.63) is 0 Å². The van der Waals surface area contributed by atoms with Crippen LogP contribution < -0.4 is 10.6 Å². The van der Waals surface area contributed by atoms with Gasteiger partial charge >= 0.3 is 38.6 Å². The number of β-lactam (4-membered cyclic amide) rings is 2. The Labute approximate surface area is 275 Å². The maximum atomic E-state index is 13.0. The minimum absolute atomic E-state index is 0.0783. The molecule has 1 unspecified atom stereocenters. The van der Waals surface area contributed by atoms with Crippen LogP contribution in [0.2, 0.25) is 0 Å². The highest BCUT2D eigenvalue weighted by molar-refractivity contribution is 7.85. The van der Waals surface area contributed by atoms with Gasteiger partial charge in [0.2, 0.25) is 0 Å². The van der Waals surface area contributed by atoms with Crippen molar-refractivity contribution in [1.29, 1.82) is 0 Å². The summed E-state index contributed by atoms with van der Waals surface area (Å²) in [5.41, 5.74) is -3.92. The molecule has 2 aliphatic heterocycles. The number of hydrogen-bond acceptors (Lipinski definition) is 15. The molecule has 0 spiro atoms. The van der Waals surface area contributed by atoms with E-state index in [1.807, 2.05) is 0 Å². The summed E-state index contributed by atoms with van der Waals surface area (Å²) in [5, 5.41) is 5.07. The molecule has 2 aliphatic rings. The molecule has 0 radical (unpaired) electrons. The van der Waals surface area contributed by atoms with Crippen molar-refractivity contribution in [2.75, 3.05) is 33.0 Å². The molecule has 2 N–H and O–H groups in total. The van der Waals surface area contributed by atoms with Crippen molar-refractivity contribution < 1.29 is 63.4 Å². The Morgan fingerprint density at radius 3 is 1.64 bits per heavy atom. The molecule has 0 aromatic carbocycles. The first-order valence-electron chi connectivity index (χ1n) is 14.9. The summed E-state index contributed by atoms with van der Waals surface area (Å²) in [4.78, 5) is 62.6. The first-order valence-corrected chi connectivity index (χ1v) is 17.6. The highest BCUT2D eigenvalue weighted by Gasteiger charge is 2.55. The summed E-state index contributed by atoms with van der Waals surface area (Å²) in [6.45, 7) is 13.0. The van der Waals surface area contributed by atoms with E-state index in [-0.39, 0.29) is 13.2 Å². The van der Waals surface area contributed by atoms with E-state index in [1.54, 1.807) is 27.7 Å². The molecule has 20 heteroatoms. The van der Waals surface area contributed by atoms with Crippen LogP contribution in [0.5, 0.6) is 0 Å². The lowest BCUT2D eigenvalue weighted by Gasteiger charge is -2.45. The van der Waals surface area contributed by atoms with Gasteiger partial charge in [-0.25, -0.2) is 13.4 Å². The Balaban J connectivity index is 2.07. The Bertz CT molecular complexity index is 1440. The van der Waals surface area contributed by atoms with Gasteiger partial charge in [-0.05, 0) is 69.2 Å². The van der Waals surface area contributed by atoms with Gasteiger partial charge in [-0.15, -0.1) is 0 Å². The number of rotatable bonds is 16. The van der Waals surface area contributed by atoms with Crippen LogP contribution >= 0.6 is 0 Å². The van der Waals surface area contributed by atoms with Crippen molar-refractivity contribution in [3.63, 3.8) is 0 Å². The number of alkyl carbamates (subject to hydrolysis) is 1. The van der Waals surface area contributed by atoms with Crippen molar-refractivity contribution in [2.45, 2.75) is 99.0 Å². The van der Waals surface area contributed by atoms with E-state index in [1.165, 1.54) is 41.5 Å². The lowest BCUT2D eigenvalue weighted by molar-refractivity contribution is -0.158. The monoisotopic (exact) mass is 714 g/mol. The molecule has 3 amide bonds. The number of carbonyl (C=O) groups excluding carboxylic acids is 5. The molecule has 2 saturated heterocycles. The van der Waals surface area contributed by atoms with Crippen LogP contribution in [0.4, 0.5) is 4.79 Å². The smallest absolute Gasteiger partial charge is 0.408 e.